The standard InChI is InChI=1S/C126H86F2N2Si/c1-3-85-39-43-89(44-40-85)91-47-55-99(56-48-91)125(101-59-63-103(127)64-60-101)119-37-19-17-35-113(119)115-75-71-109(83-121(115)125)129(105-67-51-93(52-68-105)97-29-21-27-95(79-97)87-23-9-5-10-24-87)107-73-77-123-117(81-107)118-82-108(74-78-124(118)131(123,111-31-13-7-14-32-111)112-33-15-8-16-34-112)130(106-69-53-94(54-70-106)98-30-22-28-96(80-98)88-25-11-6-12-26-88)110-72-76-116-114-36-18-20-38-120(114)126(122(116)84-110,102-61-65-104(128)66-62-102)100-57-49-92(50-58-100)90-45-41-86(4-2)42-46-90/h3-84H,1-2H2. The molecule has 5 heteroatoms. The Morgan fingerprint density at radius 1 is 0.198 bits per heavy atom. The van der Waals surface area contributed by atoms with Crippen LogP contribution < -0.4 is 30.5 Å². The molecule has 0 amide bonds. The molecule has 23 rings (SSSR count). The number of halogens is 2. The highest BCUT2D eigenvalue weighted by atomic mass is 28.3. The van der Waals surface area contributed by atoms with Gasteiger partial charge in [-0.1, -0.05) is 401 Å². The second kappa shape index (κ2) is 32.8. The molecule has 618 valence electrons. The first-order valence-electron chi connectivity index (χ1n) is 44.8. The minimum atomic E-state index is -3.26. The van der Waals surface area contributed by atoms with Crippen molar-refractivity contribution in [2.24, 2.45) is 0 Å². The number of anilines is 6. The van der Waals surface area contributed by atoms with Gasteiger partial charge in [-0.2, -0.15) is 0 Å². The normalized spacial score (nSPS) is 14.5. The maximum absolute atomic E-state index is 15.8. The van der Waals surface area contributed by atoms with E-state index in [2.05, 4.69) is 460 Å². The van der Waals surface area contributed by atoms with Crippen LogP contribution in [-0.2, 0) is 10.8 Å². The Morgan fingerprint density at radius 2 is 0.458 bits per heavy atom. The Balaban J connectivity index is 0.749. The fourth-order valence-corrected chi connectivity index (χ4v) is 26.7. The van der Waals surface area contributed by atoms with Crippen LogP contribution in [0.15, 0.2) is 498 Å². The van der Waals surface area contributed by atoms with E-state index in [4.69, 9.17) is 0 Å². The summed E-state index contributed by atoms with van der Waals surface area (Å²) in [6, 6.07) is 176. The molecule has 2 nitrogen and oxygen atoms in total. The molecule has 2 aliphatic carbocycles. The summed E-state index contributed by atoms with van der Waals surface area (Å²) in [7, 11) is -3.26. The zero-order valence-electron chi connectivity index (χ0n) is 71.9. The van der Waals surface area contributed by atoms with Gasteiger partial charge in [0.25, 0.3) is 0 Å². The summed E-state index contributed by atoms with van der Waals surface area (Å²) in [5.74, 6) is -0.595. The quantitative estimate of drug-likeness (QED) is 0.0702. The molecule has 0 spiro atoms. The monoisotopic (exact) mass is 1690 g/mol. The summed E-state index contributed by atoms with van der Waals surface area (Å²) in [5, 5.41) is 5.13. The Kier molecular flexibility index (Phi) is 19.8. The summed E-state index contributed by atoms with van der Waals surface area (Å²) in [6.07, 6.45) is 3.75. The molecular formula is C126H86F2N2Si. The SMILES string of the molecule is C=Cc1ccc(-c2ccc(C3(c4ccc(F)cc4)c4ccccc4-c4ccc(N(c5ccc(-c6cccc(-c7ccccc7)c6)cc5)c5ccc6c(c5)-c5cc(N(c7ccc(-c8cccc(-c9ccccc9)c8)cc7)c7ccc8c(c7)C(c7ccc(F)cc7)(c7ccc(-c9ccc(C=C)cc9)cc7)c7ccccc7-8)ccc5[Si]6(c5ccccc5)c5ccccc5)cc43)cc2)cc1. The van der Waals surface area contributed by atoms with E-state index in [9.17, 15) is 0 Å². The molecule has 0 radical (unpaired) electrons. The first-order valence-corrected chi connectivity index (χ1v) is 46.8. The van der Waals surface area contributed by atoms with Crippen molar-refractivity contribution in [2.75, 3.05) is 9.80 Å². The lowest BCUT2D eigenvalue weighted by Gasteiger charge is -2.35. The topological polar surface area (TPSA) is 6.48 Å². The third-order valence-electron chi connectivity index (χ3n) is 27.6. The van der Waals surface area contributed by atoms with Gasteiger partial charge >= 0.3 is 0 Å². The van der Waals surface area contributed by atoms with Crippen LogP contribution in [0, 0.1) is 11.6 Å². The van der Waals surface area contributed by atoms with E-state index in [1.807, 2.05) is 36.4 Å². The van der Waals surface area contributed by atoms with Crippen molar-refractivity contribution >= 4 is 75.1 Å². The van der Waals surface area contributed by atoms with E-state index in [0.717, 1.165) is 190 Å². The van der Waals surface area contributed by atoms with Gasteiger partial charge in [0.15, 0.2) is 8.07 Å². The summed E-state index contributed by atoms with van der Waals surface area (Å²) in [5.41, 5.74) is 34.7. The van der Waals surface area contributed by atoms with Gasteiger partial charge in [-0.25, -0.2) is 8.78 Å². The van der Waals surface area contributed by atoms with Crippen LogP contribution in [0.25, 0.3) is 112 Å². The molecule has 0 saturated heterocycles. The molecular weight excluding hydrogens is 1610 g/mol. The van der Waals surface area contributed by atoms with E-state index in [1.54, 1.807) is 24.3 Å². The summed E-state index contributed by atoms with van der Waals surface area (Å²) in [4.78, 5) is 4.92. The zero-order valence-corrected chi connectivity index (χ0v) is 72.9. The summed E-state index contributed by atoms with van der Waals surface area (Å²) < 4.78 is 31.6. The number of rotatable bonds is 20. The molecule has 1 aliphatic heterocycles. The van der Waals surface area contributed by atoms with Gasteiger partial charge in [-0.05, 0) is 286 Å². The molecule has 20 aromatic rings. The smallest absolute Gasteiger partial charge is 0.180 e. The van der Waals surface area contributed by atoms with Crippen molar-refractivity contribution in [1.29, 1.82) is 0 Å². The molecule has 0 bridgehead atoms. The van der Waals surface area contributed by atoms with Crippen LogP contribution in [0.2, 0.25) is 0 Å². The fraction of sp³-hybridized carbons (Fsp3) is 0.0159. The fourth-order valence-electron chi connectivity index (χ4n) is 21.5. The van der Waals surface area contributed by atoms with Crippen molar-refractivity contribution in [2.45, 2.75) is 10.8 Å². The molecule has 2 atom stereocenters. The van der Waals surface area contributed by atoms with E-state index >= 15 is 8.78 Å². The average molecular weight is 1690 g/mol. The Hall–Kier alpha value is -16.4. The predicted octanol–water partition coefficient (Wildman–Crippen LogP) is 30.3. The second-order valence-electron chi connectivity index (χ2n) is 34.5. The number of nitrogens with zero attached hydrogens (tertiary/aromatic N) is 2. The molecule has 0 fully saturated rings. The highest BCUT2D eigenvalue weighted by molar-refractivity contribution is 7.22. The molecule has 0 N–H and O–H groups in total. The average Bonchev–Trinajstić information content (AvgIpc) is 1.55. The van der Waals surface area contributed by atoms with Crippen molar-refractivity contribution in [3.05, 3.63) is 566 Å². The molecule has 20 aromatic carbocycles. The minimum absolute atomic E-state index is 0.298. The van der Waals surface area contributed by atoms with Gasteiger partial charge in [-0.15, -0.1) is 0 Å². The highest BCUT2D eigenvalue weighted by Gasteiger charge is 2.51. The van der Waals surface area contributed by atoms with Gasteiger partial charge < -0.3 is 9.80 Å². The molecule has 2 unspecified atom stereocenters. The van der Waals surface area contributed by atoms with Gasteiger partial charge in [0, 0.05) is 34.1 Å². The largest absolute Gasteiger partial charge is 0.310 e. The maximum Gasteiger partial charge on any atom is 0.180 e. The van der Waals surface area contributed by atoms with E-state index in [-0.39, 0.29) is 11.6 Å². The van der Waals surface area contributed by atoms with Crippen LogP contribution in [0.1, 0.15) is 55.6 Å². The van der Waals surface area contributed by atoms with Gasteiger partial charge in [0.1, 0.15) is 11.6 Å². The predicted molar refractivity (Wildman–Crippen MR) is 546 cm³/mol. The number of benzene rings is 20. The van der Waals surface area contributed by atoms with E-state index in [0.29, 0.717) is 0 Å². The molecule has 0 aromatic heterocycles. The Labute approximate surface area is 765 Å². The second-order valence-corrected chi connectivity index (χ2v) is 38.2. The number of hydrogen-bond acceptors (Lipinski definition) is 2. The van der Waals surface area contributed by atoms with Crippen LogP contribution in [0.4, 0.5) is 42.9 Å². The Morgan fingerprint density at radius 3 is 0.809 bits per heavy atom. The lowest BCUT2D eigenvalue weighted by Crippen LogP contribution is -2.72. The van der Waals surface area contributed by atoms with E-state index < -0.39 is 18.9 Å². The van der Waals surface area contributed by atoms with Gasteiger partial charge in [-0.3, -0.25) is 0 Å². The third-order valence-corrected chi connectivity index (χ3v) is 32.5. The lowest BCUT2D eigenvalue weighted by molar-refractivity contribution is 0.624. The van der Waals surface area contributed by atoms with E-state index in [1.165, 1.54) is 20.7 Å². The van der Waals surface area contributed by atoms with Crippen molar-refractivity contribution in [3.8, 4) is 100 Å². The molecule has 0 saturated carbocycles. The first kappa shape index (κ1) is 79.2. The molecule has 3 aliphatic rings. The van der Waals surface area contributed by atoms with Crippen LogP contribution in [-0.4, -0.2) is 8.07 Å². The summed E-state index contributed by atoms with van der Waals surface area (Å²) in [6.45, 7) is 8.08. The highest BCUT2D eigenvalue weighted by Crippen LogP contribution is 2.60. The molecule has 131 heavy (non-hydrogen) atoms. The lowest BCUT2D eigenvalue weighted by atomic mass is 9.67. The van der Waals surface area contributed by atoms with Crippen molar-refractivity contribution in [3.63, 3.8) is 0 Å². The Bertz CT molecular complexity index is 7290. The van der Waals surface area contributed by atoms with Gasteiger partial charge in [0.2, 0.25) is 0 Å². The van der Waals surface area contributed by atoms with Crippen molar-refractivity contribution in [1.82, 2.24) is 0 Å². The van der Waals surface area contributed by atoms with Crippen molar-refractivity contribution < 1.29 is 8.78 Å². The first-order chi connectivity index (χ1) is 64.6. The van der Waals surface area contributed by atoms with Gasteiger partial charge in [0.05, 0.1) is 10.8 Å². The maximum atomic E-state index is 15.8. The number of fused-ring (bicyclic) bond motifs is 9. The summed E-state index contributed by atoms with van der Waals surface area (Å²) >= 11 is 0. The molecule has 1 heterocycles. The van der Waals surface area contributed by atoms with Crippen LogP contribution in [0.3, 0.4) is 0 Å². The zero-order chi connectivity index (χ0) is 87.7. The van der Waals surface area contributed by atoms with Crippen LogP contribution in [0.5, 0.6) is 0 Å². The minimum Gasteiger partial charge on any atom is -0.310 e. The third kappa shape index (κ3) is 13.3. The van der Waals surface area contributed by atoms with Crippen LogP contribution >= 0.6 is 0 Å². The number of hydrogen-bond donors (Lipinski definition) is 0.